The highest BCUT2D eigenvalue weighted by Gasteiger charge is 2.21. The SMILES string of the molecule is CCN(C)C(=O)[C@@H](C)N(C)Cc1[nH]c2ccccc2c1C. The van der Waals surface area contributed by atoms with E-state index in [4.69, 9.17) is 0 Å². The zero-order chi connectivity index (χ0) is 15.6. The van der Waals surface area contributed by atoms with Crippen LogP contribution in [0.2, 0.25) is 0 Å². The Morgan fingerprint density at radius 2 is 1.95 bits per heavy atom. The number of nitrogens with zero attached hydrogens (tertiary/aromatic N) is 2. The van der Waals surface area contributed by atoms with E-state index in [2.05, 4.69) is 35.0 Å². The number of carbonyl (C=O) groups excluding carboxylic acids is 1. The normalized spacial score (nSPS) is 12.9. The first kappa shape index (κ1) is 15.6. The van der Waals surface area contributed by atoms with Crippen molar-refractivity contribution in [1.82, 2.24) is 14.8 Å². The smallest absolute Gasteiger partial charge is 0.239 e. The summed E-state index contributed by atoms with van der Waals surface area (Å²) in [5.74, 6) is 0.161. The summed E-state index contributed by atoms with van der Waals surface area (Å²) >= 11 is 0. The number of H-pyrrole nitrogens is 1. The Bertz CT molecular complexity index is 632. The van der Waals surface area contributed by atoms with Crippen molar-refractivity contribution in [2.75, 3.05) is 20.6 Å². The Morgan fingerprint density at radius 3 is 2.57 bits per heavy atom. The van der Waals surface area contributed by atoms with Gasteiger partial charge in [-0.3, -0.25) is 9.69 Å². The molecule has 2 rings (SSSR count). The van der Waals surface area contributed by atoms with Gasteiger partial charge in [-0.2, -0.15) is 0 Å². The molecule has 0 radical (unpaired) electrons. The number of hydrogen-bond donors (Lipinski definition) is 1. The highest BCUT2D eigenvalue weighted by molar-refractivity contribution is 5.84. The lowest BCUT2D eigenvalue weighted by Gasteiger charge is -2.27. The van der Waals surface area contributed by atoms with Gasteiger partial charge in [-0.1, -0.05) is 18.2 Å². The van der Waals surface area contributed by atoms with Gasteiger partial charge in [0.1, 0.15) is 0 Å². The van der Waals surface area contributed by atoms with Crippen molar-refractivity contribution in [2.45, 2.75) is 33.4 Å². The predicted octanol–water partition coefficient (Wildman–Crippen LogP) is 2.77. The van der Waals surface area contributed by atoms with Gasteiger partial charge in [0.2, 0.25) is 5.91 Å². The number of hydrogen-bond acceptors (Lipinski definition) is 2. The van der Waals surface area contributed by atoms with Crippen LogP contribution < -0.4 is 0 Å². The van der Waals surface area contributed by atoms with Gasteiger partial charge in [0, 0.05) is 36.7 Å². The Hall–Kier alpha value is -1.81. The second-order valence-corrected chi connectivity index (χ2v) is 5.72. The third-order valence-electron chi connectivity index (χ3n) is 4.35. The lowest BCUT2D eigenvalue weighted by Crippen LogP contribution is -2.43. The number of aryl methyl sites for hydroxylation is 1. The first-order valence-electron chi connectivity index (χ1n) is 7.47. The van der Waals surface area contributed by atoms with Gasteiger partial charge in [0.05, 0.1) is 6.04 Å². The van der Waals surface area contributed by atoms with Crippen LogP contribution in [0.5, 0.6) is 0 Å². The van der Waals surface area contributed by atoms with Crippen LogP contribution in [0.4, 0.5) is 0 Å². The quantitative estimate of drug-likeness (QED) is 0.918. The average Bonchev–Trinajstić information content (AvgIpc) is 2.81. The maximum absolute atomic E-state index is 12.2. The molecule has 1 heterocycles. The van der Waals surface area contributed by atoms with Crippen molar-refractivity contribution in [3.8, 4) is 0 Å². The molecule has 4 heteroatoms. The molecule has 114 valence electrons. The minimum atomic E-state index is -0.124. The number of likely N-dealkylation sites (N-methyl/N-ethyl adjacent to an activating group) is 2. The number of carbonyl (C=O) groups is 1. The summed E-state index contributed by atoms with van der Waals surface area (Å²) < 4.78 is 0. The van der Waals surface area contributed by atoms with Crippen LogP contribution in [-0.2, 0) is 11.3 Å². The van der Waals surface area contributed by atoms with Gasteiger partial charge in [0.15, 0.2) is 0 Å². The molecule has 0 aliphatic carbocycles. The number of nitrogens with one attached hydrogen (secondary N) is 1. The standard InChI is InChI=1S/C17H25N3O/c1-6-19(4)17(21)13(3)20(5)11-16-12(2)14-9-7-8-10-15(14)18-16/h7-10,13,18H,6,11H2,1-5H3/t13-/m1/s1. The molecule has 0 unspecified atom stereocenters. The van der Waals surface area contributed by atoms with E-state index in [0.717, 1.165) is 18.6 Å². The molecule has 1 aromatic heterocycles. The molecule has 2 aromatic rings. The molecule has 0 aliphatic rings. The van der Waals surface area contributed by atoms with Crippen LogP contribution in [0.3, 0.4) is 0 Å². The van der Waals surface area contributed by atoms with Gasteiger partial charge in [-0.15, -0.1) is 0 Å². The van der Waals surface area contributed by atoms with Gasteiger partial charge in [0.25, 0.3) is 0 Å². The zero-order valence-electron chi connectivity index (χ0n) is 13.6. The van der Waals surface area contributed by atoms with Crippen LogP contribution in [0.1, 0.15) is 25.1 Å². The van der Waals surface area contributed by atoms with Gasteiger partial charge in [-0.25, -0.2) is 0 Å². The predicted molar refractivity (Wildman–Crippen MR) is 87.3 cm³/mol. The van der Waals surface area contributed by atoms with E-state index in [-0.39, 0.29) is 11.9 Å². The van der Waals surface area contributed by atoms with Gasteiger partial charge in [-0.05, 0) is 39.4 Å². The second-order valence-electron chi connectivity index (χ2n) is 5.72. The molecule has 1 amide bonds. The minimum Gasteiger partial charge on any atom is -0.357 e. The van der Waals surface area contributed by atoms with E-state index < -0.39 is 0 Å². The van der Waals surface area contributed by atoms with Crippen molar-refractivity contribution < 1.29 is 4.79 Å². The molecule has 1 N–H and O–H groups in total. The van der Waals surface area contributed by atoms with Crippen molar-refractivity contribution in [2.24, 2.45) is 0 Å². The molecular formula is C17H25N3O. The number of amides is 1. The largest absolute Gasteiger partial charge is 0.357 e. The fourth-order valence-corrected chi connectivity index (χ4v) is 2.55. The van der Waals surface area contributed by atoms with Crippen molar-refractivity contribution in [3.63, 3.8) is 0 Å². The zero-order valence-corrected chi connectivity index (χ0v) is 13.6. The third-order valence-corrected chi connectivity index (χ3v) is 4.35. The van der Waals surface area contributed by atoms with Crippen LogP contribution in [0.15, 0.2) is 24.3 Å². The summed E-state index contributed by atoms with van der Waals surface area (Å²) in [6, 6.07) is 8.18. The monoisotopic (exact) mass is 287 g/mol. The second kappa shape index (κ2) is 6.31. The first-order valence-corrected chi connectivity index (χ1v) is 7.47. The van der Waals surface area contributed by atoms with E-state index in [0.29, 0.717) is 0 Å². The Kier molecular flexibility index (Phi) is 4.68. The van der Waals surface area contributed by atoms with E-state index >= 15 is 0 Å². The molecule has 21 heavy (non-hydrogen) atoms. The van der Waals surface area contributed by atoms with Crippen LogP contribution in [-0.4, -0.2) is 47.4 Å². The molecule has 0 saturated heterocycles. The summed E-state index contributed by atoms with van der Waals surface area (Å²) in [5.41, 5.74) is 3.60. The summed E-state index contributed by atoms with van der Waals surface area (Å²) in [5, 5.41) is 1.26. The minimum absolute atomic E-state index is 0.124. The van der Waals surface area contributed by atoms with E-state index in [1.54, 1.807) is 4.90 Å². The van der Waals surface area contributed by atoms with Gasteiger partial charge >= 0.3 is 0 Å². The molecule has 0 aliphatic heterocycles. The fourth-order valence-electron chi connectivity index (χ4n) is 2.55. The van der Waals surface area contributed by atoms with Crippen LogP contribution in [0.25, 0.3) is 10.9 Å². The summed E-state index contributed by atoms with van der Waals surface area (Å²) in [6.45, 7) is 7.57. The molecule has 1 atom stereocenters. The Labute approximate surface area is 126 Å². The number of benzene rings is 1. The summed E-state index contributed by atoms with van der Waals surface area (Å²) in [7, 11) is 3.85. The Balaban J connectivity index is 2.16. The number of fused-ring (bicyclic) bond motifs is 1. The molecule has 0 spiro atoms. The van der Waals surface area contributed by atoms with Crippen molar-refractivity contribution in [3.05, 3.63) is 35.5 Å². The molecule has 0 saturated carbocycles. The summed E-state index contributed by atoms with van der Waals surface area (Å²) in [4.78, 5) is 19.6. The van der Waals surface area contributed by atoms with Crippen LogP contribution >= 0.6 is 0 Å². The summed E-state index contributed by atoms with van der Waals surface area (Å²) in [6.07, 6.45) is 0. The highest BCUT2D eigenvalue weighted by Crippen LogP contribution is 2.22. The highest BCUT2D eigenvalue weighted by atomic mass is 16.2. The molecular weight excluding hydrogens is 262 g/mol. The average molecular weight is 287 g/mol. The lowest BCUT2D eigenvalue weighted by atomic mass is 10.1. The topological polar surface area (TPSA) is 39.3 Å². The number of aromatic nitrogens is 1. The van der Waals surface area contributed by atoms with Gasteiger partial charge < -0.3 is 9.88 Å². The van der Waals surface area contributed by atoms with E-state index in [1.165, 1.54) is 16.6 Å². The fraction of sp³-hybridized carbons (Fsp3) is 0.471. The van der Waals surface area contributed by atoms with E-state index in [9.17, 15) is 4.79 Å². The molecule has 0 fully saturated rings. The maximum atomic E-state index is 12.2. The molecule has 1 aromatic carbocycles. The number of aromatic amines is 1. The van der Waals surface area contributed by atoms with Crippen molar-refractivity contribution in [1.29, 1.82) is 0 Å². The third kappa shape index (κ3) is 3.10. The first-order chi connectivity index (χ1) is 9.95. The number of rotatable bonds is 5. The van der Waals surface area contributed by atoms with E-state index in [1.807, 2.05) is 34.0 Å². The Morgan fingerprint density at radius 1 is 1.29 bits per heavy atom. The molecule has 4 nitrogen and oxygen atoms in total. The van der Waals surface area contributed by atoms with Crippen LogP contribution in [0, 0.1) is 6.92 Å². The lowest BCUT2D eigenvalue weighted by molar-refractivity contribution is -0.134. The van der Waals surface area contributed by atoms with Crippen molar-refractivity contribution >= 4 is 16.8 Å². The molecule has 0 bridgehead atoms. The number of para-hydroxylation sites is 1. The maximum Gasteiger partial charge on any atom is 0.239 e.